The number of allylic oxidation sites excluding steroid dienone is 1. The van der Waals surface area contributed by atoms with E-state index in [1.807, 2.05) is 84.9 Å². The van der Waals surface area contributed by atoms with Crippen molar-refractivity contribution in [1.82, 2.24) is 20.3 Å². The van der Waals surface area contributed by atoms with Gasteiger partial charge in [0.2, 0.25) is 21.8 Å². The molecular formula is C47H55N5O9S. The summed E-state index contributed by atoms with van der Waals surface area (Å²) in [7, 11) is -2.36. The molecule has 0 bridgehead atoms. The molecule has 4 amide bonds. The van der Waals surface area contributed by atoms with Crippen LogP contribution in [0.25, 0.3) is 11.1 Å². The smallest absolute Gasteiger partial charge is 0.408 e. The van der Waals surface area contributed by atoms with Crippen molar-refractivity contribution in [2.24, 2.45) is 11.1 Å². The molecule has 3 fully saturated rings. The Balaban J connectivity index is 1.20. The molecule has 2 heterocycles. The number of fused-ring (bicyclic) bond motifs is 5. The summed E-state index contributed by atoms with van der Waals surface area (Å²) in [6.45, 7) is 5.21. The topological polar surface area (TPSA) is 182 Å². The van der Waals surface area contributed by atoms with Gasteiger partial charge >= 0.3 is 6.09 Å². The van der Waals surface area contributed by atoms with Crippen molar-refractivity contribution < 1.29 is 41.9 Å². The zero-order valence-corrected chi connectivity index (χ0v) is 36.4. The number of carbonyl (C=O) groups is 4. The quantitative estimate of drug-likeness (QED) is 0.136. The Morgan fingerprint density at radius 1 is 0.903 bits per heavy atom. The fourth-order valence-corrected chi connectivity index (χ4v) is 10.3. The first-order chi connectivity index (χ1) is 29.7. The summed E-state index contributed by atoms with van der Waals surface area (Å²) < 4.78 is 39.4. The molecule has 6 atom stereocenters. The van der Waals surface area contributed by atoms with E-state index in [4.69, 9.17) is 19.5 Å². The number of benzene rings is 3. The van der Waals surface area contributed by atoms with Crippen LogP contribution in [0, 0.1) is 5.92 Å². The van der Waals surface area contributed by atoms with E-state index in [9.17, 15) is 22.8 Å². The number of carbonyl (C=O) groups excluding carboxylic acids is 4. The second kappa shape index (κ2) is 17.2. The summed E-state index contributed by atoms with van der Waals surface area (Å²) in [6.07, 6.45) is 6.59. The number of sulfonamides is 1. The fraction of sp³-hybridized carbons (Fsp3) is 0.468. The van der Waals surface area contributed by atoms with Crippen LogP contribution in [0.15, 0.2) is 90.1 Å². The van der Waals surface area contributed by atoms with Crippen LogP contribution in [0.1, 0.15) is 95.2 Å². The maximum absolute atomic E-state index is 15.3. The van der Waals surface area contributed by atoms with Gasteiger partial charge in [-0.1, -0.05) is 90.8 Å². The number of methoxy groups -OCH3 is 1. The van der Waals surface area contributed by atoms with Gasteiger partial charge in [-0.15, -0.1) is 0 Å². The number of nitrogens with one attached hydrogen (secondary N) is 3. The summed E-state index contributed by atoms with van der Waals surface area (Å²) >= 11 is 0. The van der Waals surface area contributed by atoms with Gasteiger partial charge in [-0.2, -0.15) is 0 Å². The van der Waals surface area contributed by atoms with Gasteiger partial charge in [-0.05, 0) is 94.5 Å². The van der Waals surface area contributed by atoms with Crippen molar-refractivity contribution in [1.29, 1.82) is 0 Å². The maximum atomic E-state index is 15.3. The molecule has 1 saturated heterocycles. The predicted octanol–water partition coefficient (Wildman–Crippen LogP) is 5.92. The Hall–Kier alpha value is -5.70. The van der Waals surface area contributed by atoms with E-state index in [1.54, 1.807) is 27.9 Å². The zero-order chi connectivity index (χ0) is 43.8. The van der Waals surface area contributed by atoms with Crippen LogP contribution in [0.4, 0.5) is 4.79 Å². The number of alkyl carbamates (subject to hydrolysis) is 1. The van der Waals surface area contributed by atoms with Crippen molar-refractivity contribution in [2.45, 2.75) is 126 Å². The van der Waals surface area contributed by atoms with Crippen LogP contribution in [0.5, 0.6) is 5.75 Å². The third-order valence-corrected chi connectivity index (χ3v) is 14.2. The largest absolute Gasteiger partial charge is 0.497 e. The molecule has 2 saturated carbocycles. The molecule has 4 unspecified atom stereocenters. The lowest BCUT2D eigenvalue weighted by molar-refractivity contribution is -0.143. The Morgan fingerprint density at radius 2 is 1.56 bits per heavy atom. The van der Waals surface area contributed by atoms with Crippen LogP contribution < -0.4 is 20.1 Å². The van der Waals surface area contributed by atoms with Gasteiger partial charge in [0.15, 0.2) is 6.10 Å². The highest BCUT2D eigenvalue weighted by Crippen LogP contribution is 2.46. The normalized spacial score (nSPS) is 26.5. The van der Waals surface area contributed by atoms with Crippen molar-refractivity contribution in [3.8, 4) is 16.9 Å². The molecule has 14 nitrogen and oxygen atoms in total. The first kappa shape index (κ1) is 43.0. The monoisotopic (exact) mass is 865 g/mol. The van der Waals surface area contributed by atoms with E-state index in [-0.39, 0.29) is 25.7 Å². The van der Waals surface area contributed by atoms with Crippen LogP contribution in [-0.2, 0) is 40.4 Å². The van der Waals surface area contributed by atoms with E-state index >= 15 is 4.79 Å². The molecule has 15 heteroatoms. The number of rotatable bonds is 9. The Kier molecular flexibility index (Phi) is 11.9. The molecule has 3 N–H and O–H groups in total. The fourth-order valence-electron chi connectivity index (χ4n) is 8.91. The molecule has 62 heavy (non-hydrogen) atoms. The van der Waals surface area contributed by atoms with Gasteiger partial charge in [-0.3, -0.25) is 19.1 Å². The maximum Gasteiger partial charge on any atom is 0.408 e. The van der Waals surface area contributed by atoms with Crippen LogP contribution in [0.3, 0.4) is 0 Å². The number of nitrogens with zero attached hydrogens (tertiary/aromatic N) is 2. The van der Waals surface area contributed by atoms with E-state index < -0.39 is 80.4 Å². The summed E-state index contributed by atoms with van der Waals surface area (Å²) in [4.78, 5) is 65.8. The summed E-state index contributed by atoms with van der Waals surface area (Å²) in [5, 5.41) is 9.94. The third kappa shape index (κ3) is 9.09. The molecule has 0 radical (unpaired) electrons. The molecule has 8 rings (SSSR count). The summed E-state index contributed by atoms with van der Waals surface area (Å²) in [5.41, 5.74) is 2.81. The molecule has 0 spiro atoms. The number of ether oxygens (including phenoxy) is 2. The lowest BCUT2D eigenvalue weighted by atomic mass is 10.0. The number of hydrogen-bond acceptors (Lipinski definition) is 10. The minimum atomic E-state index is -3.94. The molecule has 3 aromatic carbocycles. The van der Waals surface area contributed by atoms with E-state index in [0.29, 0.717) is 37.1 Å². The van der Waals surface area contributed by atoms with E-state index in [1.165, 1.54) is 4.90 Å². The second-order valence-corrected chi connectivity index (χ2v) is 20.0. The predicted molar refractivity (Wildman–Crippen MR) is 233 cm³/mol. The molecule has 0 aromatic heterocycles. The van der Waals surface area contributed by atoms with Crippen LogP contribution in [0.2, 0.25) is 0 Å². The summed E-state index contributed by atoms with van der Waals surface area (Å²) in [6, 6.07) is 20.1. The molecule has 3 aliphatic carbocycles. The minimum absolute atomic E-state index is 0.0177. The zero-order valence-electron chi connectivity index (χ0n) is 35.6. The molecule has 3 aromatic rings. The van der Waals surface area contributed by atoms with Gasteiger partial charge in [-0.25, -0.2) is 13.2 Å². The first-order valence-corrected chi connectivity index (χ1v) is 23.1. The van der Waals surface area contributed by atoms with Gasteiger partial charge in [0.1, 0.15) is 34.7 Å². The van der Waals surface area contributed by atoms with Gasteiger partial charge in [0.05, 0.1) is 18.4 Å². The SMILES string of the molecule is COc1ccc(C[C@H]2[C@H](ON=C3c4ccccc4-c4ccccc43)CC3C(=O)NC4(C(=O)NS(=O)(=O)C5CC5)CC4/C=C\CCCCCC(NC(=O)OC(C)(C)C)C(=O)N32)cc1. The van der Waals surface area contributed by atoms with Crippen molar-refractivity contribution in [3.05, 3.63) is 102 Å². The van der Waals surface area contributed by atoms with Crippen molar-refractivity contribution >= 4 is 39.5 Å². The average molecular weight is 866 g/mol. The Bertz CT molecular complexity index is 2340. The highest BCUT2D eigenvalue weighted by atomic mass is 32.2. The number of amides is 4. The van der Waals surface area contributed by atoms with Crippen LogP contribution in [-0.4, -0.2) is 90.6 Å². The van der Waals surface area contributed by atoms with Gasteiger partial charge in [0.25, 0.3) is 5.91 Å². The second-order valence-electron chi connectivity index (χ2n) is 18.0. The lowest BCUT2D eigenvalue weighted by Gasteiger charge is -2.34. The number of hydrogen-bond donors (Lipinski definition) is 3. The average Bonchev–Trinajstić information content (AvgIpc) is 4.15. The van der Waals surface area contributed by atoms with Crippen molar-refractivity contribution in [3.63, 3.8) is 0 Å². The van der Waals surface area contributed by atoms with Crippen molar-refractivity contribution in [2.75, 3.05) is 7.11 Å². The molecular weight excluding hydrogens is 811 g/mol. The standard InChI is InChI=1S/C47H55N5O9S/c1-46(2,3)60-45(56)48-37-19-9-7-5-6-8-14-30-28-47(30,44(55)51-62(57,58)32-24-25-32)49-42(53)39-27-40(38(52(39)43(37)54)26-29-20-22-31(59-4)23-21-29)61-50-41-35-17-12-10-15-33(35)34-16-11-13-18-36(34)41/h8,10-18,20-23,30,32,37-40H,5-7,9,19,24-28H2,1-4H3,(H,48,56)(H,49,53)(H,51,55)/b14-8-/t30?,37?,38-,39?,40+,47?/m0/s1. The Morgan fingerprint density at radius 3 is 2.19 bits per heavy atom. The Labute approximate surface area is 362 Å². The highest BCUT2D eigenvalue weighted by Gasteiger charge is 2.62. The highest BCUT2D eigenvalue weighted by molar-refractivity contribution is 7.91. The van der Waals surface area contributed by atoms with Gasteiger partial charge < -0.3 is 29.8 Å². The third-order valence-electron chi connectivity index (χ3n) is 12.4. The van der Waals surface area contributed by atoms with E-state index in [2.05, 4.69) is 15.4 Å². The number of oxime groups is 1. The van der Waals surface area contributed by atoms with E-state index in [0.717, 1.165) is 40.7 Å². The lowest BCUT2D eigenvalue weighted by Crippen LogP contribution is -2.60. The molecule has 5 aliphatic rings. The molecule has 328 valence electrons. The molecule has 2 aliphatic heterocycles. The summed E-state index contributed by atoms with van der Waals surface area (Å²) in [5.74, 6) is -1.78. The van der Waals surface area contributed by atoms with Crippen LogP contribution >= 0.6 is 0 Å². The minimum Gasteiger partial charge on any atom is -0.497 e. The first-order valence-electron chi connectivity index (χ1n) is 21.6. The van der Waals surface area contributed by atoms with Gasteiger partial charge in [0, 0.05) is 23.5 Å².